The van der Waals surface area contributed by atoms with Gasteiger partial charge >= 0.3 is 0 Å². The molecule has 3 N–H and O–H groups in total. The fourth-order valence-corrected chi connectivity index (χ4v) is 3.13. The Labute approximate surface area is 113 Å². The quantitative estimate of drug-likeness (QED) is 0.650. The molecule has 2 nitrogen and oxygen atoms in total. The highest BCUT2D eigenvalue weighted by atomic mass is 19.2. The van der Waals surface area contributed by atoms with Crippen LogP contribution in [0.1, 0.15) is 44.7 Å². The molecule has 19 heavy (non-hydrogen) atoms. The minimum Gasteiger partial charge on any atom is -0.271 e. The second-order valence-corrected chi connectivity index (χ2v) is 5.82. The summed E-state index contributed by atoms with van der Waals surface area (Å²) < 4.78 is 27.2. The van der Waals surface area contributed by atoms with E-state index in [9.17, 15) is 8.78 Å². The molecule has 0 saturated heterocycles. The minimum absolute atomic E-state index is 0.257. The summed E-state index contributed by atoms with van der Waals surface area (Å²) >= 11 is 0. The van der Waals surface area contributed by atoms with Gasteiger partial charge < -0.3 is 0 Å². The summed E-state index contributed by atoms with van der Waals surface area (Å²) in [5.41, 5.74) is 3.03. The molecule has 0 heterocycles. The largest absolute Gasteiger partial charge is 0.271 e. The highest BCUT2D eigenvalue weighted by Gasteiger charge is 2.32. The smallest absolute Gasteiger partial charge is 0.163 e. The van der Waals surface area contributed by atoms with E-state index >= 15 is 0 Å². The molecule has 0 bridgehead atoms. The Morgan fingerprint density at radius 3 is 2.58 bits per heavy atom. The Hall–Kier alpha value is -1.00. The maximum absolute atomic E-state index is 13.9. The van der Waals surface area contributed by atoms with E-state index in [1.807, 2.05) is 0 Å². The van der Waals surface area contributed by atoms with Crippen LogP contribution in [0, 0.1) is 29.4 Å². The SMILES string of the molecule is CC1CCC(C(NN)c2cccc(F)c2F)CC1C. The Morgan fingerprint density at radius 1 is 1.21 bits per heavy atom. The normalized spacial score (nSPS) is 29.2. The Balaban J connectivity index is 2.22. The van der Waals surface area contributed by atoms with Crippen LogP contribution in [0.2, 0.25) is 0 Å². The second-order valence-electron chi connectivity index (χ2n) is 5.82. The Kier molecular flexibility index (Phi) is 4.53. The predicted octanol–water partition coefficient (Wildman–Crippen LogP) is 3.54. The summed E-state index contributed by atoms with van der Waals surface area (Å²) in [6, 6.07) is 3.97. The number of nitrogens with two attached hydrogens (primary N) is 1. The van der Waals surface area contributed by atoms with Crippen molar-refractivity contribution in [1.82, 2.24) is 5.43 Å². The number of hydrogen-bond donors (Lipinski definition) is 2. The lowest BCUT2D eigenvalue weighted by Gasteiger charge is -2.36. The van der Waals surface area contributed by atoms with Gasteiger partial charge in [0.1, 0.15) is 0 Å². The van der Waals surface area contributed by atoms with E-state index in [4.69, 9.17) is 5.84 Å². The topological polar surface area (TPSA) is 38.0 Å². The highest BCUT2D eigenvalue weighted by Crippen LogP contribution is 2.40. The van der Waals surface area contributed by atoms with Gasteiger partial charge in [0.25, 0.3) is 0 Å². The van der Waals surface area contributed by atoms with E-state index in [1.54, 1.807) is 6.07 Å². The number of hydrazine groups is 1. The van der Waals surface area contributed by atoms with Crippen molar-refractivity contribution in [3.63, 3.8) is 0 Å². The lowest BCUT2D eigenvalue weighted by Crippen LogP contribution is -2.37. The first kappa shape index (κ1) is 14.4. The third-order valence-corrected chi connectivity index (χ3v) is 4.61. The van der Waals surface area contributed by atoms with Gasteiger partial charge in [0, 0.05) is 5.56 Å². The molecule has 1 saturated carbocycles. The van der Waals surface area contributed by atoms with Crippen LogP contribution in [0.3, 0.4) is 0 Å². The molecule has 1 aromatic rings. The standard InChI is InChI=1S/C15H22F2N2/c1-9-6-7-11(8-10(9)2)15(19-18)12-4-3-5-13(16)14(12)17/h3-5,9-11,15,19H,6-8,18H2,1-2H3. The molecule has 1 aliphatic carbocycles. The van der Waals surface area contributed by atoms with Crippen LogP contribution in [0.5, 0.6) is 0 Å². The molecule has 0 amide bonds. The number of benzene rings is 1. The molecule has 0 aromatic heterocycles. The first-order valence-corrected chi connectivity index (χ1v) is 6.94. The van der Waals surface area contributed by atoms with Crippen LogP contribution < -0.4 is 11.3 Å². The van der Waals surface area contributed by atoms with E-state index in [1.165, 1.54) is 6.07 Å². The lowest BCUT2D eigenvalue weighted by atomic mass is 9.72. The van der Waals surface area contributed by atoms with Crippen molar-refractivity contribution >= 4 is 0 Å². The van der Waals surface area contributed by atoms with Gasteiger partial charge in [0.15, 0.2) is 11.6 Å². The fraction of sp³-hybridized carbons (Fsp3) is 0.600. The van der Waals surface area contributed by atoms with Crippen LogP contribution in [0.4, 0.5) is 8.78 Å². The van der Waals surface area contributed by atoms with Gasteiger partial charge in [0.05, 0.1) is 6.04 Å². The third kappa shape index (κ3) is 2.95. The number of nitrogens with one attached hydrogen (secondary N) is 1. The van der Waals surface area contributed by atoms with Crippen LogP contribution >= 0.6 is 0 Å². The van der Waals surface area contributed by atoms with Crippen molar-refractivity contribution in [1.29, 1.82) is 0 Å². The summed E-state index contributed by atoms with van der Waals surface area (Å²) in [7, 11) is 0. The zero-order valence-electron chi connectivity index (χ0n) is 11.5. The maximum atomic E-state index is 13.9. The van der Waals surface area contributed by atoms with E-state index in [-0.39, 0.29) is 12.0 Å². The minimum atomic E-state index is -0.810. The van der Waals surface area contributed by atoms with Crippen LogP contribution in [0.15, 0.2) is 18.2 Å². The molecular formula is C15H22F2N2. The van der Waals surface area contributed by atoms with Crippen molar-refractivity contribution in [3.05, 3.63) is 35.4 Å². The monoisotopic (exact) mass is 268 g/mol. The van der Waals surface area contributed by atoms with Gasteiger partial charge in [-0.1, -0.05) is 32.4 Å². The molecule has 4 heteroatoms. The summed E-state index contributed by atoms with van der Waals surface area (Å²) in [5.74, 6) is 5.54. The molecule has 0 spiro atoms. The first-order valence-electron chi connectivity index (χ1n) is 6.94. The number of rotatable bonds is 3. The van der Waals surface area contributed by atoms with Crippen molar-refractivity contribution < 1.29 is 8.78 Å². The predicted molar refractivity (Wildman–Crippen MR) is 72.1 cm³/mol. The Morgan fingerprint density at radius 2 is 1.95 bits per heavy atom. The van der Waals surface area contributed by atoms with Gasteiger partial charge in [-0.15, -0.1) is 0 Å². The third-order valence-electron chi connectivity index (χ3n) is 4.61. The summed E-state index contributed by atoms with van der Waals surface area (Å²) in [4.78, 5) is 0. The molecule has 0 aliphatic heterocycles. The van der Waals surface area contributed by atoms with Crippen molar-refractivity contribution in [2.45, 2.75) is 39.2 Å². The molecule has 4 unspecified atom stereocenters. The molecular weight excluding hydrogens is 246 g/mol. The van der Waals surface area contributed by atoms with Crippen molar-refractivity contribution in [3.8, 4) is 0 Å². The average molecular weight is 268 g/mol. The molecule has 106 valence electrons. The Bertz CT molecular complexity index is 436. The van der Waals surface area contributed by atoms with Gasteiger partial charge in [-0.2, -0.15) is 0 Å². The fourth-order valence-electron chi connectivity index (χ4n) is 3.13. The van der Waals surface area contributed by atoms with Gasteiger partial charge in [0.2, 0.25) is 0 Å². The van der Waals surface area contributed by atoms with E-state index in [2.05, 4.69) is 19.3 Å². The van der Waals surface area contributed by atoms with E-state index in [0.717, 1.165) is 25.3 Å². The first-order chi connectivity index (χ1) is 9.04. The highest BCUT2D eigenvalue weighted by molar-refractivity contribution is 5.23. The summed E-state index contributed by atoms with van der Waals surface area (Å²) in [5, 5.41) is 0. The van der Waals surface area contributed by atoms with Gasteiger partial charge in [-0.3, -0.25) is 11.3 Å². The summed E-state index contributed by atoms with van der Waals surface area (Å²) in [6.07, 6.45) is 3.10. The molecule has 4 atom stereocenters. The van der Waals surface area contributed by atoms with Crippen molar-refractivity contribution in [2.75, 3.05) is 0 Å². The molecule has 2 rings (SSSR count). The van der Waals surface area contributed by atoms with Gasteiger partial charge in [-0.25, -0.2) is 8.78 Å². The van der Waals surface area contributed by atoms with Gasteiger partial charge in [-0.05, 0) is 36.7 Å². The number of halogens is 2. The maximum Gasteiger partial charge on any atom is 0.163 e. The molecule has 1 aromatic carbocycles. The lowest BCUT2D eigenvalue weighted by molar-refractivity contribution is 0.169. The molecule has 1 fully saturated rings. The molecule has 1 aliphatic rings. The van der Waals surface area contributed by atoms with Crippen LogP contribution in [0.25, 0.3) is 0 Å². The zero-order valence-corrected chi connectivity index (χ0v) is 11.5. The average Bonchev–Trinajstić information content (AvgIpc) is 2.39. The number of hydrogen-bond acceptors (Lipinski definition) is 2. The van der Waals surface area contributed by atoms with Crippen LogP contribution in [-0.4, -0.2) is 0 Å². The second kappa shape index (κ2) is 5.97. The van der Waals surface area contributed by atoms with E-state index in [0.29, 0.717) is 17.4 Å². The van der Waals surface area contributed by atoms with Crippen LogP contribution in [-0.2, 0) is 0 Å². The summed E-state index contributed by atoms with van der Waals surface area (Å²) in [6.45, 7) is 4.46. The van der Waals surface area contributed by atoms with E-state index < -0.39 is 11.6 Å². The zero-order chi connectivity index (χ0) is 14.0. The molecule has 0 radical (unpaired) electrons. The van der Waals surface area contributed by atoms with Crippen molar-refractivity contribution in [2.24, 2.45) is 23.6 Å².